The first kappa shape index (κ1) is 13.4. The van der Waals surface area contributed by atoms with Crippen molar-refractivity contribution >= 4 is 0 Å². The van der Waals surface area contributed by atoms with Crippen molar-refractivity contribution in [1.82, 2.24) is 10.6 Å². The largest absolute Gasteiger partial charge is 0.312 e. The lowest BCUT2D eigenvalue weighted by Gasteiger charge is -2.17. The van der Waals surface area contributed by atoms with E-state index in [0.717, 1.165) is 19.0 Å². The number of hydrogen-bond donors (Lipinski definition) is 2. The maximum Gasteiger partial charge on any atom is 0.129 e. The highest BCUT2D eigenvalue weighted by molar-refractivity contribution is 5.18. The van der Waals surface area contributed by atoms with Gasteiger partial charge in [0.2, 0.25) is 0 Å². The lowest BCUT2D eigenvalue weighted by molar-refractivity contribution is 0.442. The van der Waals surface area contributed by atoms with Gasteiger partial charge in [-0.05, 0) is 44.9 Å². The molecule has 2 N–H and O–H groups in total. The van der Waals surface area contributed by atoms with Gasteiger partial charge in [-0.15, -0.1) is 0 Å². The van der Waals surface area contributed by atoms with Crippen molar-refractivity contribution in [2.45, 2.75) is 38.3 Å². The number of halogens is 2. The SMILES string of the molecule is CC1(C)CC(NCCc2ccc(F)cc2F)CN1. The Balaban J connectivity index is 1.79. The van der Waals surface area contributed by atoms with E-state index in [9.17, 15) is 8.78 Å². The van der Waals surface area contributed by atoms with Crippen LogP contribution in [0.15, 0.2) is 18.2 Å². The highest BCUT2D eigenvalue weighted by atomic mass is 19.1. The van der Waals surface area contributed by atoms with Crippen molar-refractivity contribution in [2.24, 2.45) is 0 Å². The topological polar surface area (TPSA) is 24.1 Å². The molecular weight excluding hydrogens is 234 g/mol. The molecule has 4 heteroatoms. The Morgan fingerprint density at radius 1 is 1.39 bits per heavy atom. The lowest BCUT2D eigenvalue weighted by Crippen LogP contribution is -2.32. The van der Waals surface area contributed by atoms with E-state index >= 15 is 0 Å². The number of nitrogens with one attached hydrogen (secondary N) is 2. The Morgan fingerprint density at radius 3 is 2.78 bits per heavy atom. The number of benzene rings is 1. The lowest BCUT2D eigenvalue weighted by atomic mass is 10.0. The van der Waals surface area contributed by atoms with Crippen LogP contribution in [0.5, 0.6) is 0 Å². The molecule has 0 amide bonds. The summed E-state index contributed by atoms with van der Waals surface area (Å²) < 4.78 is 26.1. The molecule has 0 aliphatic carbocycles. The minimum atomic E-state index is -0.522. The molecule has 0 bridgehead atoms. The van der Waals surface area contributed by atoms with Crippen molar-refractivity contribution in [3.8, 4) is 0 Å². The third kappa shape index (κ3) is 3.50. The van der Waals surface area contributed by atoms with Crippen LogP contribution in [0.3, 0.4) is 0 Å². The second kappa shape index (κ2) is 5.33. The normalized spacial score (nSPS) is 22.3. The van der Waals surface area contributed by atoms with Crippen LogP contribution in [0.2, 0.25) is 0 Å². The molecule has 1 heterocycles. The fourth-order valence-electron chi connectivity index (χ4n) is 2.44. The van der Waals surface area contributed by atoms with Crippen molar-refractivity contribution in [1.29, 1.82) is 0 Å². The summed E-state index contributed by atoms with van der Waals surface area (Å²) in [5.74, 6) is -0.979. The molecule has 2 rings (SSSR count). The van der Waals surface area contributed by atoms with Gasteiger partial charge in [-0.3, -0.25) is 0 Å². The first-order valence-corrected chi connectivity index (χ1v) is 6.39. The van der Waals surface area contributed by atoms with E-state index in [0.29, 0.717) is 24.6 Å². The summed E-state index contributed by atoms with van der Waals surface area (Å²) in [7, 11) is 0. The van der Waals surface area contributed by atoms with Crippen LogP contribution in [0, 0.1) is 11.6 Å². The molecule has 1 aliphatic heterocycles. The Morgan fingerprint density at radius 2 is 2.17 bits per heavy atom. The van der Waals surface area contributed by atoms with Crippen LogP contribution in [-0.4, -0.2) is 24.7 Å². The van der Waals surface area contributed by atoms with Crippen LogP contribution in [0.4, 0.5) is 8.78 Å². The Kier molecular flexibility index (Phi) is 3.97. The Labute approximate surface area is 107 Å². The van der Waals surface area contributed by atoms with E-state index < -0.39 is 11.6 Å². The molecule has 1 fully saturated rings. The highest BCUT2D eigenvalue weighted by Crippen LogP contribution is 2.17. The molecule has 1 atom stereocenters. The maximum absolute atomic E-state index is 13.4. The predicted molar refractivity (Wildman–Crippen MR) is 68.6 cm³/mol. The Bertz CT molecular complexity index is 418. The summed E-state index contributed by atoms with van der Waals surface area (Å²) >= 11 is 0. The summed E-state index contributed by atoms with van der Waals surface area (Å²) in [5, 5.41) is 6.83. The average Bonchev–Trinajstić information content (AvgIpc) is 2.61. The zero-order valence-electron chi connectivity index (χ0n) is 10.9. The third-order valence-electron chi connectivity index (χ3n) is 3.43. The molecule has 1 aromatic rings. The zero-order valence-corrected chi connectivity index (χ0v) is 10.9. The van der Waals surface area contributed by atoms with Crippen molar-refractivity contribution in [2.75, 3.05) is 13.1 Å². The van der Waals surface area contributed by atoms with Gasteiger partial charge in [0.25, 0.3) is 0 Å². The van der Waals surface area contributed by atoms with Crippen LogP contribution < -0.4 is 10.6 Å². The number of hydrogen-bond acceptors (Lipinski definition) is 2. The molecule has 2 nitrogen and oxygen atoms in total. The maximum atomic E-state index is 13.4. The summed E-state index contributed by atoms with van der Waals surface area (Å²) in [6, 6.07) is 4.20. The van der Waals surface area contributed by atoms with Crippen molar-refractivity contribution in [3.63, 3.8) is 0 Å². The molecule has 1 aromatic carbocycles. The molecule has 1 aliphatic rings. The standard InChI is InChI=1S/C14H20F2N2/c1-14(2)8-12(9-18-14)17-6-5-10-3-4-11(15)7-13(10)16/h3-4,7,12,17-18H,5-6,8-9H2,1-2H3. The third-order valence-corrected chi connectivity index (χ3v) is 3.43. The van der Waals surface area contributed by atoms with Gasteiger partial charge in [0, 0.05) is 24.2 Å². The van der Waals surface area contributed by atoms with Gasteiger partial charge in [-0.1, -0.05) is 6.07 Å². The van der Waals surface area contributed by atoms with Gasteiger partial charge in [-0.25, -0.2) is 8.78 Å². The second-order valence-corrected chi connectivity index (χ2v) is 5.61. The van der Waals surface area contributed by atoms with Gasteiger partial charge in [-0.2, -0.15) is 0 Å². The van der Waals surface area contributed by atoms with Crippen LogP contribution in [-0.2, 0) is 6.42 Å². The fourth-order valence-corrected chi connectivity index (χ4v) is 2.44. The van der Waals surface area contributed by atoms with Gasteiger partial charge < -0.3 is 10.6 Å². The van der Waals surface area contributed by atoms with E-state index in [1.807, 2.05) is 0 Å². The van der Waals surface area contributed by atoms with E-state index in [1.165, 1.54) is 12.1 Å². The second-order valence-electron chi connectivity index (χ2n) is 5.61. The summed E-state index contributed by atoms with van der Waals surface area (Å²) in [4.78, 5) is 0. The summed E-state index contributed by atoms with van der Waals surface area (Å²) in [6.07, 6.45) is 1.65. The van der Waals surface area contributed by atoms with Crippen LogP contribution >= 0.6 is 0 Å². The smallest absolute Gasteiger partial charge is 0.129 e. The van der Waals surface area contributed by atoms with Gasteiger partial charge >= 0.3 is 0 Å². The summed E-state index contributed by atoms with van der Waals surface area (Å²) in [5.41, 5.74) is 0.743. The summed E-state index contributed by atoms with van der Waals surface area (Å²) in [6.45, 7) is 6.01. The molecule has 0 spiro atoms. The number of rotatable bonds is 4. The zero-order chi connectivity index (χ0) is 13.2. The van der Waals surface area contributed by atoms with E-state index in [-0.39, 0.29) is 5.54 Å². The molecule has 1 saturated heterocycles. The quantitative estimate of drug-likeness (QED) is 0.861. The van der Waals surface area contributed by atoms with Gasteiger partial charge in [0.05, 0.1) is 0 Å². The molecule has 100 valence electrons. The van der Waals surface area contributed by atoms with Crippen LogP contribution in [0.1, 0.15) is 25.8 Å². The average molecular weight is 254 g/mol. The highest BCUT2D eigenvalue weighted by Gasteiger charge is 2.29. The van der Waals surface area contributed by atoms with Crippen molar-refractivity contribution < 1.29 is 8.78 Å². The Hall–Kier alpha value is -1.00. The van der Waals surface area contributed by atoms with E-state index in [2.05, 4.69) is 24.5 Å². The van der Waals surface area contributed by atoms with E-state index in [4.69, 9.17) is 0 Å². The predicted octanol–water partition coefficient (Wildman–Crippen LogP) is 2.24. The monoisotopic (exact) mass is 254 g/mol. The minimum absolute atomic E-state index is 0.179. The molecule has 0 aromatic heterocycles. The molecule has 0 saturated carbocycles. The van der Waals surface area contributed by atoms with Crippen LogP contribution in [0.25, 0.3) is 0 Å². The van der Waals surface area contributed by atoms with E-state index in [1.54, 1.807) is 0 Å². The fraction of sp³-hybridized carbons (Fsp3) is 0.571. The van der Waals surface area contributed by atoms with Gasteiger partial charge in [0.15, 0.2) is 0 Å². The van der Waals surface area contributed by atoms with Gasteiger partial charge in [0.1, 0.15) is 11.6 Å². The first-order valence-electron chi connectivity index (χ1n) is 6.39. The molecule has 18 heavy (non-hydrogen) atoms. The molecule has 0 radical (unpaired) electrons. The molecule has 1 unspecified atom stereocenters. The minimum Gasteiger partial charge on any atom is -0.312 e. The molecular formula is C14H20F2N2. The van der Waals surface area contributed by atoms with Crippen molar-refractivity contribution in [3.05, 3.63) is 35.4 Å². The first-order chi connectivity index (χ1) is 8.46.